The van der Waals surface area contributed by atoms with Crippen LogP contribution in [0.3, 0.4) is 0 Å². The molecule has 2 N–H and O–H groups in total. The van der Waals surface area contributed by atoms with Gasteiger partial charge in [0.1, 0.15) is 0 Å². The molecule has 0 aromatic carbocycles. The summed E-state index contributed by atoms with van der Waals surface area (Å²) in [5.74, 6) is -0.183. The second-order valence-corrected chi connectivity index (χ2v) is 5.87. The number of aromatic amines is 1. The molecule has 0 unspecified atom stereocenters. The molecule has 2 atom stereocenters. The zero-order valence-corrected chi connectivity index (χ0v) is 13.2. The maximum absolute atomic E-state index is 12.3. The number of ether oxygens (including phenoxy) is 1. The summed E-state index contributed by atoms with van der Waals surface area (Å²) >= 11 is 5.79. The van der Waals surface area contributed by atoms with Gasteiger partial charge in [-0.15, -0.1) is 0 Å². The van der Waals surface area contributed by atoms with Crippen LogP contribution in [0.25, 0.3) is 0 Å². The molecule has 8 heteroatoms. The van der Waals surface area contributed by atoms with E-state index in [9.17, 15) is 4.79 Å². The van der Waals surface area contributed by atoms with Crippen molar-refractivity contribution in [3.8, 4) is 0 Å². The van der Waals surface area contributed by atoms with Crippen molar-refractivity contribution in [1.82, 2.24) is 25.3 Å². The molecule has 1 amide bonds. The zero-order valence-electron chi connectivity index (χ0n) is 12.5. The summed E-state index contributed by atoms with van der Waals surface area (Å²) in [6, 6.07) is 0. The number of nitrogens with zero attached hydrogens (tertiary/aromatic N) is 3. The maximum atomic E-state index is 12.3. The number of rotatable bonds is 4. The van der Waals surface area contributed by atoms with E-state index in [0.717, 1.165) is 11.3 Å². The van der Waals surface area contributed by atoms with Gasteiger partial charge in [-0.3, -0.25) is 14.6 Å². The van der Waals surface area contributed by atoms with Crippen LogP contribution in [0.2, 0.25) is 5.02 Å². The maximum Gasteiger partial charge on any atom is 0.272 e. The summed E-state index contributed by atoms with van der Waals surface area (Å²) in [4.78, 5) is 12.3. The number of hydrogen-bond acceptors (Lipinski definition) is 4. The molecule has 22 heavy (non-hydrogen) atoms. The van der Waals surface area contributed by atoms with Crippen LogP contribution in [0.4, 0.5) is 0 Å². The number of carbonyl (C=O) groups is 1. The van der Waals surface area contributed by atoms with Crippen LogP contribution in [-0.2, 0) is 17.7 Å². The average Bonchev–Trinajstić information content (AvgIpc) is 3.05. The normalized spacial score (nSPS) is 20.7. The molecule has 0 radical (unpaired) electrons. The molecule has 118 valence electrons. The van der Waals surface area contributed by atoms with E-state index in [1.165, 1.54) is 0 Å². The monoisotopic (exact) mass is 323 g/mol. The first-order valence-electron chi connectivity index (χ1n) is 7.23. The highest BCUT2D eigenvalue weighted by atomic mass is 35.5. The van der Waals surface area contributed by atoms with Crippen LogP contribution in [0.15, 0.2) is 12.4 Å². The molecule has 0 bridgehead atoms. The number of carbonyl (C=O) groups excluding carboxylic acids is 1. The highest BCUT2D eigenvalue weighted by molar-refractivity contribution is 6.30. The molecular formula is C14H18ClN5O2. The molecular weight excluding hydrogens is 306 g/mol. The molecule has 0 saturated heterocycles. The molecule has 1 aliphatic heterocycles. The van der Waals surface area contributed by atoms with Gasteiger partial charge in [0.25, 0.3) is 5.91 Å². The van der Waals surface area contributed by atoms with E-state index < -0.39 is 0 Å². The molecule has 0 spiro atoms. The van der Waals surface area contributed by atoms with Gasteiger partial charge in [-0.05, 0) is 13.8 Å². The highest BCUT2D eigenvalue weighted by Crippen LogP contribution is 2.29. The number of fused-ring (bicyclic) bond motifs is 1. The van der Waals surface area contributed by atoms with Crippen molar-refractivity contribution in [2.75, 3.05) is 6.54 Å². The second-order valence-electron chi connectivity index (χ2n) is 5.44. The van der Waals surface area contributed by atoms with Gasteiger partial charge in [0, 0.05) is 24.7 Å². The lowest BCUT2D eigenvalue weighted by Gasteiger charge is -2.25. The fraction of sp³-hybridized carbons (Fsp3) is 0.500. The van der Waals surface area contributed by atoms with Gasteiger partial charge >= 0.3 is 0 Å². The van der Waals surface area contributed by atoms with Gasteiger partial charge in [-0.25, -0.2) is 0 Å². The Labute approximate surface area is 133 Å². The second kappa shape index (κ2) is 6.10. The van der Waals surface area contributed by atoms with Crippen molar-refractivity contribution in [2.24, 2.45) is 0 Å². The summed E-state index contributed by atoms with van der Waals surface area (Å²) < 4.78 is 7.40. The number of hydrogen-bond donors (Lipinski definition) is 2. The largest absolute Gasteiger partial charge is 0.369 e. The number of H-pyrrole nitrogens is 1. The SMILES string of the molecule is C[C@@H]1Cc2c(C(=O)NCCn3cc(Cl)cn3)n[nH]c2[C@H](C)O1. The molecule has 3 heterocycles. The molecule has 0 saturated carbocycles. The van der Waals surface area contributed by atoms with Gasteiger partial charge in [0.05, 0.1) is 35.7 Å². The third kappa shape index (κ3) is 3.00. The first-order valence-corrected chi connectivity index (χ1v) is 7.61. The van der Waals surface area contributed by atoms with Crippen LogP contribution in [0, 0.1) is 0 Å². The molecule has 3 rings (SSSR count). The van der Waals surface area contributed by atoms with Crippen molar-refractivity contribution in [3.63, 3.8) is 0 Å². The van der Waals surface area contributed by atoms with Gasteiger partial charge in [-0.2, -0.15) is 10.2 Å². The van der Waals surface area contributed by atoms with Crippen LogP contribution < -0.4 is 5.32 Å². The molecule has 7 nitrogen and oxygen atoms in total. The third-order valence-corrected chi connectivity index (χ3v) is 3.87. The minimum absolute atomic E-state index is 0.0704. The van der Waals surface area contributed by atoms with Crippen molar-refractivity contribution in [2.45, 2.75) is 39.0 Å². The van der Waals surface area contributed by atoms with E-state index in [-0.39, 0.29) is 18.1 Å². The average molecular weight is 324 g/mol. The number of nitrogens with one attached hydrogen (secondary N) is 2. The predicted octanol–water partition coefficient (Wildman–Crippen LogP) is 1.71. The lowest BCUT2D eigenvalue weighted by atomic mass is 9.99. The van der Waals surface area contributed by atoms with Gasteiger partial charge in [-0.1, -0.05) is 11.6 Å². The van der Waals surface area contributed by atoms with Crippen LogP contribution in [-0.4, -0.2) is 38.5 Å². The smallest absolute Gasteiger partial charge is 0.272 e. The molecule has 1 aliphatic rings. The van der Waals surface area contributed by atoms with E-state index in [1.807, 2.05) is 13.8 Å². The summed E-state index contributed by atoms with van der Waals surface area (Å²) in [6.07, 6.45) is 3.98. The fourth-order valence-corrected chi connectivity index (χ4v) is 2.85. The molecule has 0 aliphatic carbocycles. The number of halogens is 1. The Morgan fingerprint density at radius 1 is 1.59 bits per heavy atom. The summed E-state index contributed by atoms with van der Waals surface area (Å²) in [5, 5.41) is 14.6. The lowest BCUT2D eigenvalue weighted by Crippen LogP contribution is -2.30. The summed E-state index contributed by atoms with van der Waals surface area (Å²) in [5.41, 5.74) is 2.29. The van der Waals surface area contributed by atoms with Crippen molar-refractivity contribution < 1.29 is 9.53 Å². The molecule has 2 aromatic rings. The number of amides is 1. The Morgan fingerprint density at radius 2 is 2.41 bits per heavy atom. The van der Waals surface area contributed by atoms with Crippen LogP contribution >= 0.6 is 11.6 Å². The molecule has 0 fully saturated rings. The Bertz CT molecular complexity index is 681. The van der Waals surface area contributed by atoms with E-state index in [1.54, 1.807) is 17.1 Å². The first kappa shape index (κ1) is 15.1. The van der Waals surface area contributed by atoms with Gasteiger partial charge in [0.2, 0.25) is 0 Å². The van der Waals surface area contributed by atoms with E-state index in [4.69, 9.17) is 16.3 Å². The Morgan fingerprint density at radius 3 is 3.14 bits per heavy atom. The minimum Gasteiger partial charge on any atom is -0.369 e. The van der Waals surface area contributed by atoms with Crippen LogP contribution in [0.1, 0.15) is 41.7 Å². The summed E-state index contributed by atoms with van der Waals surface area (Å²) in [7, 11) is 0. The quantitative estimate of drug-likeness (QED) is 0.897. The van der Waals surface area contributed by atoms with Gasteiger partial charge in [0.15, 0.2) is 5.69 Å². The lowest BCUT2D eigenvalue weighted by molar-refractivity contribution is -0.00697. The van der Waals surface area contributed by atoms with Crippen molar-refractivity contribution in [1.29, 1.82) is 0 Å². The minimum atomic E-state index is -0.183. The summed E-state index contributed by atoms with van der Waals surface area (Å²) in [6.45, 7) is 4.96. The Hall–Kier alpha value is -1.86. The van der Waals surface area contributed by atoms with E-state index in [0.29, 0.717) is 30.2 Å². The topological polar surface area (TPSA) is 84.8 Å². The van der Waals surface area contributed by atoms with E-state index in [2.05, 4.69) is 20.6 Å². The zero-order chi connectivity index (χ0) is 15.7. The highest BCUT2D eigenvalue weighted by Gasteiger charge is 2.29. The standard InChI is InChI=1S/C14H18ClN5O2/c1-8-5-11-12(9(2)22-8)18-19-13(11)14(21)16-3-4-20-7-10(15)6-17-20/h6-9H,3-5H2,1-2H3,(H,16,21)(H,18,19)/t8-,9+/m1/s1. The van der Waals surface area contributed by atoms with Crippen molar-refractivity contribution in [3.05, 3.63) is 34.4 Å². The fourth-order valence-electron chi connectivity index (χ4n) is 2.69. The van der Waals surface area contributed by atoms with Crippen molar-refractivity contribution >= 4 is 17.5 Å². The third-order valence-electron chi connectivity index (χ3n) is 3.68. The predicted molar refractivity (Wildman–Crippen MR) is 80.8 cm³/mol. The van der Waals surface area contributed by atoms with Gasteiger partial charge < -0.3 is 10.1 Å². The number of aromatic nitrogens is 4. The van der Waals surface area contributed by atoms with Crippen LogP contribution in [0.5, 0.6) is 0 Å². The van der Waals surface area contributed by atoms with E-state index >= 15 is 0 Å². The Kier molecular flexibility index (Phi) is 4.17. The molecule has 2 aromatic heterocycles. The Balaban J connectivity index is 1.63. The first-order chi connectivity index (χ1) is 10.5.